The molecule has 0 unspecified atom stereocenters. The Morgan fingerprint density at radius 2 is 2.05 bits per heavy atom. The molecule has 0 aliphatic carbocycles. The molecule has 114 valence electrons. The zero-order valence-corrected chi connectivity index (χ0v) is 13.0. The summed E-state index contributed by atoms with van der Waals surface area (Å²) in [6.07, 6.45) is 3.70. The number of anilines is 2. The number of aryl methyl sites for hydroxylation is 1. The molecule has 7 heteroatoms. The fourth-order valence-electron chi connectivity index (χ4n) is 2.37. The van der Waals surface area contributed by atoms with Gasteiger partial charge in [0.1, 0.15) is 5.82 Å². The van der Waals surface area contributed by atoms with Crippen molar-refractivity contribution in [3.63, 3.8) is 0 Å². The molecule has 6 nitrogen and oxygen atoms in total. The maximum absolute atomic E-state index is 12.4. The zero-order valence-electron chi connectivity index (χ0n) is 12.2. The predicted molar refractivity (Wildman–Crippen MR) is 85.4 cm³/mol. The first-order chi connectivity index (χ1) is 10.6. The molecule has 1 saturated heterocycles. The molecule has 0 saturated carbocycles. The highest BCUT2D eigenvalue weighted by atomic mass is 35.5. The van der Waals surface area contributed by atoms with Crippen molar-refractivity contribution >= 4 is 29.3 Å². The normalized spacial score (nSPS) is 14.2. The van der Waals surface area contributed by atoms with Crippen LogP contribution in [0.5, 0.6) is 0 Å². The standard InChI is InChI=1S/C15H16ClN5O/c1-10-5-4-6-12(18-10)19-14(22)13-11(16)9-17-15(20-13)21-7-2-3-8-21/h4-6,9H,2-3,7-8H2,1H3,(H,18,19,22). The van der Waals surface area contributed by atoms with Crippen LogP contribution in [-0.2, 0) is 0 Å². The highest BCUT2D eigenvalue weighted by Crippen LogP contribution is 2.20. The lowest BCUT2D eigenvalue weighted by Crippen LogP contribution is -2.23. The third-order valence-electron chi connectivity index (χ3n) is 3.47. The summed E-state index contributed by atoms with van der Waals surface area (Å²) in [4.78, 5) is 27.2. The number of amides is 1. The topological polar surface area (TPSA) is 71.0 Å². The average Bonchev–Trinajstić information content (AvgIpc) is 3.02. The summed E-state index contributed by atoms with van der Waals surface area (Å²) >= 11 is 6.07. The molecule has 0 spiro atoms. The number of hydrogen-bond donors (Lipinski definition) is 1. The van der Waals surface area contributed by atoms with Crippen molar-refractivity contribution < 1.29 is 4.79 Å². The summed E-state index contributed by atoms with van der Waals surface area (Å²) in [6.45, 7) is 3.67. The van der Waals surface area contributed by atoms with Gasteiger partial charge in [-0.3, -0.25) is 4.79 Å². The van der Waals surface area contributed by atoms with Crippen molar-refractivity contribution in [3.05, 3.63) is 40.8 Å². The van der Waals surface area contributed by atoms with Gasteiger partial charge in [0, 0.05) is 18.8 Å². The van der Waals surface area contributed by atoms with E-state index in [0.717, 1.165) is 31.6 Å². The van der Waals surface area contributed by atoms with Crippen LogP contribution in [0.25, 0.3) is 0 Å². The van der Waals surface area contributed by atoms with Gasteiger partial charge in [-0.1, -0.05) is 17.7 Å². The van der Waals surface area contributed by atoms with Crippen LogP contribution in [0, 0.1) is 6.92 Å². The molecule has 1 aliphatic rings. The van der Waals surface area contributed by atoms with Crippen LogP contribution in [0.1, 0.15) is 29.0 Å². The second-order valence-electron chi connectivity index (χ2n) is 5.18. The number of carbonyl (C=O) groups excluding carboxylic acids is 1. The Hall–Kier alpha value is -2.21. The van der Waals surface area contributed by atoms with Crippen LogP contribution in [0.4, 0.5) is 11.8 Å². The first-order valence-corrected chi connectivity index (χ1v) is 7.54. The Morgan fingerprint density at radius 3 is 2.77 bits per heavy atom. The Bertz CT molecular complexity index is 700. The smallest absolute Gasteiger partial charge is 0.277 e. The molecule has 3 heterocycles. The van der Waals surface area contributed by atoms with Crippen molar-refractivity contribution in [2.24, 2.45) is 0 Å². The van der Waals surface area contributed by atoms with E-state index in [-0.39, 0.29) is 16.6 Å². The van der Waals surface area contributed by atoms with E-state index in [1.54, 1.807) is 6.07 Å². The molecule has 3 rings (SSSR count). The summed E-state index contributed by atoms with van der Waals surface area (Å²) in [7, 11) is 0. The van der Waals surface area contributed by atoms with Crippen molar-refractivity contribution in [3.8, 4) is 0 Å². The number of carbonyl (C=O) groups is 1. The van der Waals surface area contributed by atoms with E-state index in [1.165, 1.54) is 6.20 Å². The number of nitrogens with one attached hydrogen (secondary N) is 1. The van der Waals surface area contributed by atoms with Crippen LogP contribution in [0.3, 0.4) is 0 Å². The molecule has 2 aromatic rings. The van der Waals surface area contributed by atoms with Crippen molar-refractivity contribution in [1.82, 2.24) is 15.0 Å². The molecule has 0 radical (unpaired) electrons. The summed E-state index contributed by atoms with van der Waals surface area (Å²) in [5.74, 6) is 0.637. The van der Waals surface area contributed by atoms with Crippen molar-refractivity contribution in [2.75, 3.05) is 23.3 Å². The van der Waals surface area contributed by atoms with E-state index < -0.39 is 0 Å². The van der Waals surface area contributed by atoms with E-state index in [0.29, 0.717) is 11.8 Å². The van der Waals surface area contributed by atoms with E-state index >= 15 is 0 Å². The summed E-state index contributed by atoms with van der Waals surface area (Å²) in [5, 5.41) is 2.94. The van der Waals surface area contributed by atoms with Crippen LogP contribution in [-0.4, -0.2) is 33.9 Å². The Labute approximate surface area is 133 Å². The lowest BCUT2D eigenvalue weighted by atomic mass is 10.3. The van der Waals surface area contributed by atoms with Gasteiger partial charge in [0.25, 0.3) is 5.91 Å². The number of aromatic nitrogens is 3. The van der Waals surface area contributed by atoms with Gasteiger partial charge in [-0.05, 0) is 31.9 Å². The number of halogens is 1. The SMILES string of the molecule is Cc1cccc(NC(=O)c2nc(N3CCCC3)ncc2Cl)n1. The maximum Gasteiger partial charge on any atom is 0.277 e. The first-order valence-electron chi connectivity index (χ1n) is 7.16. The van der Waals surface area contributed by atoms with Gasteiger partial charge in [0.05, 0.1) is 11.2 Å². The third-order valence-corrected chi connectivity index (χ3v) is 3.74. The second-order valence-corrected chi connectivity index (χ2v) is 5.59. The summed E-state index contributed by atoms with van der Waals surface area (Å²) in [6, 6.07) is 5.41. The fourth-order valence-corrected chi connectivity index (χ4v) is 2.55. The Kier molecular flexibility index (Phi) is 4.20. The highest BCUT2D eigenvalue weighted by Gasteiger charge is 2.19. The lowest BCUT2D eigenvalue weighted by Gasteiger charge is -2.15. The molecule has 2 aromatic heterocycles. The number of nitrogens with zero attached hydrogens (tertiary/aromatic N) is 4. The van der Waals surface area contributed by atoms with E-state index in [4.69, 9.17) is 11.6 Å². The van der Waals surface area contributed by atoms with Gasteiger partial charge in [-0.15, -0.1) is 0 Å². The molecule has 22 heavy (non-hydrogen) atoms. The Morgan fingerprint density at radius 1 is 1.27 bits per heavy atom. The largest absolute Gasteiger partial charge is 0.341 e. The molecule has 0 atom stereocenters. The molecule has 1 N–H and O–H groups in total. The minimum atomic E-state index is -0.383. The minimum absolute atomic E-state index is 0.168. The molecule has 1 amide bonds. The molecule has 1 aliphatic heterocycles. The van der Waals surface area contributed by atoms with Crippen LogP contribution >= 0.6 is 11.6 Å². The summed E-state index contributed by atoms with van der Waals surface area (Å²) in [5.41, 5.74) is 0.992. The van der Waals surface area contributed by atoms with E-state index in [9.17, 15) is 4.79 Å². The fraction of sp³-hybridized carbons (Fsp3) is 0.333. The Balaban J connectivity index is 1.83. The quantitative estimate of drug-likeness (QED) is 0.942. The zero-order chi connectivity index (χ0) is 15.5. The maximum atomic E-state index is 12.4. The van der Waals surface area contributed by atoms with Crippen molar-refractivity contribution in [1.29, 1.82) is 0 Å². The average molecular weight is 318 g/mol. The lowest BCUT2D eigenvalue weighted by molar-refractivity contribution is 0.102. The van der Waals surface area contributed by atoms with Crippen molar-refractivity contribution in [2.45, 2.75) is 19.8 Å². The van der Waals surface area contributed by atoms with Crippen LogP contribution in [0.2, 0.25) is 5.02 Å². The number of rotatable bonds is 3. The molecule has 1 fully saturated rings. The summed E-state index contributed by atoms with van der Waals surface area (Å²) < 4.78 is 0. The van der Waals surface area contributed by atoms with Gasteiger partial charge < -0.3 is 10.2 Å². The number of hydrogen-bond acceptors (Lipinski definition) is 5. The monoisotopic (exact) mass is 317 g/mol. The highest BCUT2D eigenvalue weighted by molar-refractivity contribution is 6.33. The van der Waals surface area contributed by atoms with Gasteiger partial charge >= 0.3 is 0 Å². The minimum Gasteiger partial charge on any atom is -0.341 e. The third kappa shape index (κ3) is 3.17. The molecule has 0 bridgehead atoms. The second kappa shape index (κ2) is 6.27. The molecule has 0 aromatic carbocycles. The van der Waals surface area contributed by atoms with E-state index in [1.807, 2.05) is 19.1 Å². The first kappa shape index (κ1) is 14.7. The number of pyridine rings is 1. The van der Waals surface area contributed by atoms with Gasteiger partial charge in [0.2, 0.25) is 5.95 Å². The van der Waals surface area contributed by atoms with Gasteiger partial charge in [-0.2, -0.15) is 0 Å². The van der Waals surface area contributed by atoms with E-state index in [2.05, 4.69) is 25.2 Å². The van der Waals surface area contributed by atoms with Crippen LogP contribution in [0.15, 0.2) is 24.4 Å². The molecular weight excluding hydrogens is 302 g/mol. The molecular formula is C15H16ClN5O. The van der Waals surface area contributed by atoms with Crippen LogP contribution < -0.4 is 10.2 Å². The van der Waals surface area contributed by atoms with Gasteiger partial charge in [-0.25, -0.2) is 15.0 Å². The van der Waals surface area contributed by atoms with Gasteiger partial charge in [0.15, 0.2) is 5.69 Å². The predicted octanol–water partition coefficient (Wildman–Crippen LogP) is 2.69.